The van der Waals surface area contributed by atoms with Crippen molar-refractivity contribution in [1.82, 2.24) is 0 Å². The number of likely N-dealkylation sites (N-methyl/N-ethyl adjacent to an activating group) is 1. The zero-order valence-electron chi connectivity index (χ0n) is 52.9. The molecule has 2 atom stereocenters. The van der Waals surface area contributed by atoms with Crippen LogP contribution < -0.4 is 4.89 Å². The summed E-state index contributed by atoms with van der Waals surface area (Å²) in [6.45, 7) is 4.10. The SMILES string of the molecule is CC/C=C\C/C=C\C/C=C\C/C=C\C/C=C\C/C=C\C/C=C\CCCCCCCCCCCCCCCCCCCCCC(=O)OC(COC(=O)CCCCCCC/C=C\C/C=C\CCCCCC)COP(=O)([O-])OCC[N+](C)(C)C. The summed E-state index contributed by atoms with van der Waals surface area (Å²) < 4.78 is 34.2. The Morgan fingerprint density at radius 3 is 1.05 bits per heavy atom. The standard InChI is InChI=1S/C71H124NO8P/c1-6-8-10-12-14-16-18-20-22-24-25-26-27-28-29-30-31-32-33-34-35-36-37-38-39-40-41-42-43-44-45-46-47-48-50-52-54-56-58-60-62-64-71(74)80-69(68-79-81(75,76)78-66-65-72(3,4)5)67-77-70(73)63-61-59-57-55-53-51-49-23-21-19-17-15-13-11-9-7-2/h8,10,14,16-17,19-20,22-23,25-26,28-29,31-32,34-35,49,69H,6-7,9,11-13,15,18,21,24,27,30,33,36-48,50-68H2,1-5H3/b10-8-,16-14-,19-17-,22-20-,26-25-,29-28-,32-31-,35-34-,49-23-. The zero-order valence-corrected chi connectivity index (χ0v) is 53.8. The van der Waals surface area contributed by atoms with Crippen molar-refractivity contribution < 1.29 is 42.1 Å². The highest BCUT2D eigenvalue weighted by Crippen LogP contribution is 2.38. The third-order valence-corrected chi connectivity index (χ3v) is 15.0. The molecule has 2 unspecified atom stereocenters. The number of ether oxygens (including phenoxy) is 2. The molecule has 0 N–H and O–H groups in total. The number of hydrogen-bond donors (Lipinski definition) is 0. The molecule has 0 aromatic heterocycles. The minimum Gasteiger partial charge on any atom is -0.756 e. The van der Waals surface area contributed by atoms with Crippen LogP contribution in [0, 0.1) is 0 Å². The first kappa shape index (κ1) is 77.7. The molecule has 0 radical (unpaired) electrons. The van der Waals surface area contributed by atoms with Crippen LogP contribution in [0.2, 0.25) is 0 Å². The van der Waals surface area contributed by atoms with E-state index in [4.69, 9.17) is 18.5 Å². The first-order chi connectivity index (χ1) is 39.5. The Hall–Kier alpha value is -3.33. The third kappa shape index (κ3) is 65.7. The Balaban J connectivity index is 3.97. The van der Waals surface area contributed by atoms with Crippen molar-refractivity contribution in [1.29, 1.82) is 0 Å². The molecule has 9 nitrogen and oxygen atoms in total. The van der Waals surface area contributed by atoms with E-state index in [1.54, 1.807) is 0 Å². The van der Waals surface area contributed by atoms with Crippen LogP contribution in [0.4, 0.5) is 0 Å². The van der Waals surface area contributed by atoms with Gasteiger partial charge in [0.25, 0.3) is 7.82 Å². The van der Waals surface area contributed by atoms with E-state index in [1.807, 2.05) is 21.1 Å². The van der Waals surface area contributed by atoms with Gasteiger partial charge in [0.15, 0.2) is 6.10 Å². The summed E-state index contributed by atoms with van der Waals surface area (Å²) in [6, 6.07) is 0. The van der Waals surface area contributed by atoms with Crippen molar-refractivity contribution in [3.05, 3.63) is 109 Å². The summed E-state index contributed by atoms with van der Waals surface area (Å²) in [5, 5.41) is 0. The number of carbonyl (C=O) groups excluding carboxylic acids is 2. The second-order valence-corrected chi connectivity index (χ2v) is 24.5. The molecule has 0 heterocycles. The van der Waals surface area contributed by atoms with Gasteiger partial charge in [-0.25, -0.2) is 0 Å². The second-order valence-electron chi connectivity index (χ2n) is 23.1. The fraction of sp³-hybridized carbons (Fsp3) is 0.718. The van der Waals surface area contributed by atoms with E-state index < -0.39 is 32.5 Å². The molecule has 0 fully saturated rings. The van der Waals surface area contributed by atoms with Gasteiger partial charge in [0.05, 0.1) is 27.7 Å². The molecule has 0 bridgehead atoms. The predicted molar refractivity (Wildman–Crippen MR) is 346 cm³/mol. The molecule has 0 amide bonds. The first-order valence-corrected chi connectivity index (χ1v) is 34.6. The smallest absolute Gasteiger partial charge is 0.306 e. The van der Waals surface area contributed by atoms with Gasteiger partial charge in [-0.1, -0.05) is 271 Å². The molecule has 0 spiro atoms. The topological polar surface area (TPSA) is 111 Å². The molecular weight excluding hydrogens is 1030 g/mol. The van der Waals surface area contributed by atoms with Crippen LogP contribution in [0.15, 0.2) is 109 Å². The number of quaternary nitrogens is 1. The highest BCUT2D eigenvalue weighted by molar-refractivity contribution is 7.45. The van der Waals surface area contributed by atoms with E-state index in [0.717, 1.165) is 103 Å². The minimum atomic E-state index is -4.64. The van der Waals surface area contributed by atoms with E-state index in [-0.39, 0.29) is 26.1 Å². The van der Waals surface area contributed by atoms with E-state index in [9.17, 15) is 19.0 Å². The first-order valence-electron chi connectivity index (χ1n) is 33.1. The van der Waals surface area contributed by atoms with Crippen molar-refractivity contribution in [2.75, 3.05) is 47.5 Å². The summed E-state index contributed by atoms with van der Waals surface area (Å²) in [5.74, 6) is -0.845. The number of esters is 2. The number of phosphoric acid groups is 1. The van der Waals surface area contributed by atoms with Crippen molar-refractivity contribution in [3.63, 3.8) is 0 Å². The van der Waals surface area contributed by atoms with Crippen molar-refractivity contribution >= 4 is 19.8 Å². The molecule has 0 aromatic carbocycles. The summed E-state index contributed by atoms with van der Waals surface area (Å²) in [6.07, 6.45) is 86.0. The van der Waals surface area contributed by atoms with Crippen LogP contribution in [0.1, 0.15) is 277 Å². The number of carbonyl (C=O) groups is 2. The van der Waals surface area contributed by atoms with Crippen LogP contribution in [0.5, 0.6) is 0 Å². The Morgan fingerprint density at radius 2 is 0.704 bits per heavy atom. The summed E-state index contributed by atoms with van der Waals surface area (Å²) in [7, 11) is 1.16. The van der Waals surface area contributed by atoms with Gasteiger partial charge in [0.2, 0.25) is 0 Å². The van der Waals surface area contributed by atoms with Crippen molar-refractivity contribution in [3.8, 4) is 0 Å². The number of hydrogen-bond acceptors (Lipinski definition) is 8. The van der Waals surface area contributed by atoms with Crippen LogP contribution in [0.25, 0.3) is 0 Å². The number of rotatable bonds is 60. The fourth-order valence-electron chi connectivity index (χ4n) is 8.96. The minimum absolute atomic E-state index is 0.0354. The van der Waals surface area contributed by atoms with Gasteiger partial charge < -0.3 is 27.9 Å². The maximum Gasteiger partial charge on any atom is 0.306 e. The summed E-state index contributed by atoms with van der Waals surface area (Å²) in [5.41, 5.74) is 0. The zero-order chi connectivity index (χ0) is 59.1. The van der Waals surface area contributed by atoms with Crippen molar-refractivity contribution in [2.24, 2.45) is 0 Å². The van der Waals surface area contributed by atoms with Crippen LogP contribution >= 0.6 is 7.82 Å². The summed E-state index contributed by atoms with van der Waals surface area (Å²) >= 11 is 0. The van der Waals surface area contributed by atoms with Gasteiger partial charge in [-0.15, -0.1) is 0 Å². The maximum absolute atomic E-state index is 12.8. The second kappa shape index (κ2) is 61.2. The quantitative estimate of drug-likeness (QED) is 0.0195. The Bertz CT molecular complexity index is 1730. The number of allylic oxidation sites excluding steroid dienone is 18. The van der Waals surface area contributed by atoms with Gasteiger partial charge in [-0.05, 0) is 103 Å². The molecule has 10 heteroatoms. The molecule has 0 rings (SSSR count). The van der Waals surface area contributed by atoms with E-state index in [1.165, 1.54) is 135 Å². The lowest BCUT2D eigenvalue weighted by Crippen LogP contribution is -2.37. The molecule has 466 valence electrons. The monoisotopic (exact) mass is 1150 g/mol. The van der Waals surface area contributed by atoms with E-state index in [2.05, 4.69) is 123 Å². The van der Waals surface area contributed by atoms with E-state index >= 15 is 0 Å². The lowest BCUT2D eigenvalue weighted by atomic mass is 10.0. The van der Waals surface area contributed by atoms with Gasteiger partial charge in [-0.3, -0.25) is 14.2 Å². The average molecular weight is 1150 g/mol. The lowest BCUT2D eigenvalue weighted by molar-refractivity contribution is -0.870. The van der Waals surface area contributed by atoms with E-state index in [0.29, 0.717) is 23.9 Å². The predicted octanol–water partition coefficient (Wildman–Crippen LogP) is 20.7. The molecule has 0 saturated carbocycles. The molecule has 0 aliphatic heterocycles. The fourth-order valence-corrected chi connectivity index (χ4v) is 9.69. The van der Waals surface area contributed by atoms with Crippen LogP contribution in [-0.4, -0.2) is 70.0 Å². The highest BCUT2D eigenvalue weighted by atomic mass is 31.2. The highest BCUT2D eigenvalue weighted by Gasteiger charge is 2.22. The largest absolute Gasteiger partial charge is 0.756 e. The van der Waals surface area contributed by atoms with Crippen LogP contribution in [0.3, 0.4) is 0 Å². The molecule has 0 saturated heterocycles. The Morgan fingerprint density at radius 1 is 0.395 bits per heavy atom. The van der Waals surface area contributed by atoms with Crippen molar-refractivity contribution in [2.45, 2.75) is 283 Å². The molecule has 81 heavy (non-hydrogen) atoms. The van der Waals surface area contributed by atoms with Crippen LogP contribution in [-0.2, 0) is 32.7 Å². The number of phosphoric ester groups is 1. The Labute approximate surface area is 499 Å². The number of nitrogens with zero attached hydrogens (tertiary/aromatic N) is 1. The normalized spacial score (nSPS) is 13.9. The average Bonchev–Trinajstić information content (AvgIpc) is 3.43. The molecular formula is C71H124NO8P. The molecule has 0 aromatic rings. The molecule has 0 aliphatic carbocycles. The van der Waals surface area contributed by atoms with Gasteiger partial charge in [-0.2, -0.15) is 0 Å². The summed E-state index contributed by atoms with van der Waals surface area (Å²) in [4.78, 5) is 37.9. The molecule has 0 aliphatic rings. The van der Waals surface area contributed by atoms with Gasteiger partial charge >= 0.3 is 11.9 Å². The lowest BCUT2D eigenvalue weighted by Gasteiger charge is -2.28. The number of unbranched alkanes of at least 4 members (excludes halogenated alkanes) is 28. The van der Waals surface area contributed by atoms with Gasteiger partial charge in [0, 0.05) is 12.8 Å². The Kier molecular flexibility index (Phi) is 58.7. The third-order valence-electron chi connectivity index (χ3n) is 14.0. The maximum atomic E-state index is 12.8. The van der Waals surface area contributed by atoms with Gasteiger partial charge in [0.1, 0.15) is 19.8 Å².